The first-order valence-electron chi connectivity index (χ1n) is 8.40. The molecule has 1 N–H and O–H groups in total. The molecule has 0 aromatic heterocycles. The average Bonchev–Trinajstić information content (AvgIpc) is 2.97. The number of rotatable bonds is 5. The van der Waals surface area contributed by atoms with Crippen LogP contribution in [0.3, 0.4) is 0 Å². The van der Waals surface area contributed by atoms with Crippen LogP contribution in [-0.2, 0) is 20.7 Å². The summed E-state index contributed by atoms with van der Waals surface area (Å²) in [5.41, 5.74) is 0.968. The molecule has 5 heteroatoms. The predicted molar refractivity (Wildman–Crippen MR) is 86.3 cm³/mol. The number of methoxy groups -OCH3 is 1. The van der Waals surface area contributed by atoms with Crippen molar-refractivity contribution in [2.75, 3.05) is 20.3 Å². The molecule has 1 saturated carbocycles. The molecule has 1 spiro atoms. The zero-order chi connectivity index (χ0) is 16.1. The standard InChI is InChI=1S/C18H25NO4/c1-21-15-7-5-14(6-8-15)11-17(20)19-12-16-13-22-18(23-16)9-3-2-4-10-18/h5-8,16H,2-4,9-13H2,1H3,(H,19,20). The number of hydrogen-bond donors (Lipinski definition) is 1. The van der Waals surface area contributed by atoms with Crippen LogP contribution in [0.4, 0.5) is 0 Å². The highest BCUT2D eigenvalue weighted by molar-refractivity contribution is 5.78. The lowest BCUT2D eigenvalue weighted by Crippen LogP contribution is -2.37. The van der Waals surface area contributed by atoms with Crippen molar-refractivity contribution in [3.8, 4) is 5.75 Å². The number of carbonyl (C=O) groups is 1. The maximum absolute atomic E-state index is 12.1. The molecule has 1 amide bonds. The smallest absolute Gasteiger partial charge is 0.224 e. The molecule has 1 heterocycles. The molecule has 5 nitrogen and oxygen atoms in total. The van der Waals surface area contributed by atoms with E-state index in [4.69, 9.17) is 14.2 Å². The van der Waals surface area contributed by atoms with E-state index in [1.54, 1.807) is 7.11 Å². The van der Waals surface area contributed by atoms with E-state index in [0.717, 1.165) is 37.0 Å². The first-order valence-corrected chi connectivity index (χ1v) is 8.40. The van der Waals surface area contributed by atoms with Crippen LogP contribution < -0.4 is 10.1 Å². The van der Waals surface area contributed by atoms with Crippen LogP contribution in [-0.4, -0.2) is 38.1 Å². The topological polar surface area (TPSA) is 56.8 Å². The molecule has 1 aliphatic heterocycles. The Morgan fingerprint density at radius 1 is 1.26 bits per heavy atom. The Kier molecular flexibility index (Phi) is 5.18. The van der Waals surface area contributed by atoms with E-state index in [9.17, 15) is 4.79 Å². The fourth-order valence-electron chi connectivity index (χ4n) is 3.29. The van der Waals surface area contributed by atoms with E-state index in [0.29, 0.717) is 19.6 Å². The van der Waals surface area contributed by atoms with Crippen LogP contribution in [0, 0.1) is 0 Å². The van der Waals surface area contributed by atoms with Gasteiger partial charge in [-0.2, -0.15) is 0 Å². The number of hydrogen-bond acceptors (Lipinski definition) is 4. The fourth-order valence-corrected chi connectivity index (χ4v) is 3.29. The Morgan fingerprint density at radius 3 is 2.70 bits per heavy atom. The summed E-state index contributed by atoms with van der Waals surface area (Å²) in [7, 11) is 1.63. The van der Waals surface area contributed by atoms with Gasteiger partial charge >= 0.3 is 0 Å². The zero-order valence-electron chi connectivity index (χ0n) is 13.7. The van der Waals surface area contributed by atoms with Crippen molar-refractivity contribution in [1.82, 2.24) is 5.32 Å². The quantitative estimate of drug-likeness (QED) is 0.905. The molecule has 0 radical (unpaired) electrons. The van der Waals surface area contributed by atoms with Gasteiger partial charge in [-0.1, -0.05) is 18.6 Å². The molecule has 23 heavy (non-hydrogen) atoms. The van der Waals surface area contributed by atoms with Gasteiger partial charge in [0.05, 0.1) is 20.1 Å². The van der Waals surface area contributed by atoms with Crippen LogP contribution in [0.25, 0.3) is 0 Å². The average molecular weight is 319 g/mol. The van der Waals surface area contributed by atoms with Gasteiger partial charge < -0.3 is 19.5 Å². The lowest BCUT2D eigenvalue weighted by Gasteiger charge is -2.31. The highest BCUT2D eigenvalue weighted by Gasteiger charge is 2.42. The maximum Gasteiger partial charge on any atom is 0.224 e. The lowest BCUT2D eigenvalue weighted by molar-refractivity contribution is -0.186. The number of ether oxygens (including phenoxy) is 3. The molecule has 1 aromatic rings. The molecule has 2 aliphatic rings. The first-order chi connectivity index (χ1) is 11.2. The lowest BCUT2D eigenvalue weighted by atomic mass is 9.94. The second-order valence-electron chi connectivity index (χ2n) is 6.35. The SMILES string of the molecule is COc1ccc(CC(=O)NCC2COC3(CCCCC3)O2)cc1. The summed E-state index contributed by atoms with van der Waals surface area (Å²) in [6.07, 6.45) is 5.87. The van der Waals surface area contributed by atoms with Gasteiger partial charge in [0.15, 0.2) is 5.79 Å². The Labute approximate surface area is 137 Å². The minimum Gasteiger partial charge on any atom is -0.497 e. The van der Waals surface area contributed by atoms with Crippen molar-refractivity contribution in [2.24, 2.45) is 0 Å². The van der Waals surface area contributed by atoms with Crippen molar-refractivity contribution in [1.29, 1.82) is 0 Å². The highest BCUT2D eigenvalue weighted by atomic mass is 16.7. The van der Waals surface area contributed by atoms with Gasteiger partial charge in [-0.25, -0.2) is 0 Å². The summed E-state index contributed by atoms with van der Waals surface area (Å²) in [6.45, 7) is 1.08. The van der Waals surface area contributed by atoms with Crippen molar-refractivity contribution >= 4 is 5.91 Å². The fraction of sp³-hybridized carbons (Fsp3) is 0.611. The van der Waals surface area contributed by atoms with E-state index in [1.165, 1.54) is 6.42 Å². The Bertz CT molecular complexity index is 522. The second-order valence-corrected chi connectivity index (χ2v) is 6.35. The van der Waals surface area contributed by atoms with Crippen molar-refractivity contribution in [2.45, 2.75) is 50.4 Å². The number of carbonyl (C=O) groups excluding carboxylic acids is 1. The minimum atomic E-state index is -0.371. The van der Waals surface area contributed by atoms with Crippen LogP contribution in [0.2, 0.25) is 0 Å². The Hall–Kier alpha value is -1.59. The molecule has 3 rings (SSSR count). The molecule has 1 atom stereocenters. The molecule has 1 aromatic carbocycles. The molecule has 2 fully saturated rings. The van der Waals surface area contributed by atoms with Gasteiger partial charge in [-0.05, 0) is 30.5 Å². The molecular formula is C18H25NO4. The van der Waals surface area contributed by atoms with Crippen LogP contribution in [0.15, 0.2) is 24.3 Å². The molecule has 0 bridgehead atoms. The van der Waals surface area contributed by atoms with Gasteiger partial charge in [-0.15, -0.1) is 0 Å². The summed E-state index contributed by atoms with van der Waals surface area (Å²) in [5.74, 6) is 0.427. The molecule has 126 valence electrons. The summed E-state index contributed by atoms with van der Waals surface area (Å²) < 4.78 is 17.1. The van der Waals surface area contributed by atoms with Crippen LogP contribution >= 0.6 is 0 Å². The third-order valence-electron chi connectivity index (χ3n) is 4.58. The van der Waals surface area contributed by atoms with Crippen LogP contribution in [0.1, 0.15) is 37.7 Å². The van der Waals surface area contributed by atoms with Gasteiger partial charge in [-0.3, -0.25) is 4.79 Å². The van der Waals surface area contributed by atoms with Gasteiger partial charge in [0, 0.05) is 19.4 Å². The van der Waals surface area contributed by atoms with E-state index < -0.39 is 0 Å². The highest BCUT2D eigenvalue weighted by Crippen LogP contribution is 2.37. The Balaban J connectivity index is 1.42. The normalized spacial score (nSPS) is 22.9. The zero-order valence-corrected chi connectivity index (χ0v) is 13.7. The monoisotopic (exact) mass is 319 g/mol. The number of amides is 1. The third-order valence-corrected chi connectivity index (χ3v) is 4.58. The third kappa shape index (κ3) is 4.24. The maximum atomic E-state index is 12.1. The number of nitrogens with one attached hydrogen (secondary N) is 1. The predicted octanol–water partition coefficient (Wildman–Crippen LogP) is 2.43. The number of benzene rings is 1. The van der Waals surface area contributed by atoms with Crippen molar-refractivity contribution < 1.29 is 19.0 Å². The largest absolute Gasteiger partial charge is 0.497 e. The minimum absolute atomic E-state index is 0.00311. The van der Waals surface area contributed by atoms with Gasteiger partial charge in [0.1, 0.15) is 11.9 Å². The molecule has 1 aliphatic carbocycles. The van der Waals surface area contributed by atoms with Gasteiger partial charge in [0.25, 0.3) is 0 Å². The summed E-state index contributed by atoms with van der Waals surface area (Å²) >= 11 is 0. The van der Waals surface area contributed by atoms with Crippen molar-refractivity contribution in [3.63, 3.8) is 0 Å². The van der Waals surface area contributed by atoms with E-state index in [-0.39, 0.29) is 17.8 Å². The molecular weight excluding hydrogens is 294 g/mol. The van der Waals surface area contributed by atoms with E-state index >= 15 is 0 Å². The summed E-state index contributed by atoms with van der Waals surface area (Å²) in [5, 5.41) is 2.95. The Morgan fingerprint density at radius 2 is 2.00 bits per heavy atom. The molecule has 1 unspecified atom stereocenters. The van der Waals surface area contributed by atoms with Gasteiger partial charge in [0.2, 0.25) is 5.91 Å². The van der Waals surface area contributed by atoms with E-state index in [2.05, 4.69) is 5.32 Å². The second kappa shape index (κ2) is 7.32. The van der Waals surface area contributed by atoms with Crippen LogP contribution in [0.5, 0.6) is 5.75 Å². The first kappa shape index (κ1) is 16.3. The summed E-state index contributed by atoms with van der Waals surface area (Å²) in [6, 6.07) is 7.54. The van der Waals surface area contributed by atoms with Crippen molar-refractivity contribution in [3.05, 3.63) is 29.8 Å². The molecule has 1 saturated heterocycles. The van der Waals surface area contributed by atoms with E-state index in [1.807, 2.05) is 24.3 Å². The summed E-state index contributed by atoms with van der Waals surface area (Å²) in [4.78, 5) is 12.1.